The summed E-state index contributed by atoms with van der Waals surface area (Å²) in [6, 6.07) is 5.96. The lowest BCUT2D eigenvalue weighted by atomic mass is 10.0. The molecule has 0 aliphatic carbocycles. The first kappa shape index (κ1) is 27.9. The molecule has 1 aromatic carbocycles. The van der Waals surface area contributed by atoms with Crippen molar-refractivity contribution in [1.82, 2.24) is 0 Å². The molecular weight excluding hydrogens is 332 g/mol. The largest absolute Gasteiger partial charge is 1.00 e. The van der Waals surface area contributed by atoms with E-state index in [0.29, 0.717) is 5.56 Å². The molecule has 0 amide bonds. The van der Waals surface area contributed by atoms with Crippen LogP contribution in [0.1, 0.15) is 5.56 Å². The van der Waals surface area contributed by atoms with Gasteiger partial charge in [-0.1, -0.05) is 18.2 Å². The number of carboxylic acid groups (broad SMARTS) is 1. The van der Waals surface area contributed by atoms with Crippen LogP contribution in [0.4, 0.5) is 13.2 Å². The maximum Gasteiger partial charge on any atom is 0.430 e. The molecule has 0 saturated heterocycles. The Hall–Kier alpha value is -2.33. The van der Waals surface area contributed by atoms with E-state index in [0.717, 1.165) is 6.08 Å². The van der Waals surface area contributed by atoms with Crippen molar-refractivity contribution in [3.8, 4) is 5.75 Å². The Kier molecular flexibility index (Phi) is 12.2. The third kappa shape index (κ3) is 5.22. The average Bonchev–Trinajstić information content (AvgIpc) is 2.26. The van der Waals surface area contributed by atoms with Crippen LogP contribution in [-0.4, -0.2) is 23.4 Å². The molecule has 0 spiro atoms. The molecule has 0 fully saturated rings. The van der Waals surface area contributed by atoms with Crippen molar-refractivity contribution >= 4 is 12.0 Å². The van der Waals surface area contributed by atoms with Crippen LogP contribution in [0.3, 0.4) is 0 Å². The normalized spacial score (nSPS) is 14.7. The van der Waals surface area contributed by atoms with Crippen LogP contribution in [-0.2, 0) is 4.79 Å². The molecule has 0 saturated carbocycles. The Labute approximate surface area is 118 Å². The molecule has 0 aromatic heterocycles. The van der Waals surface area contributed by atoms with Gasteiger partial charge in [-0.15, -0.1) is 0 Å². The van der Waals surface area contributed by atoms with Gasteiger partial charge in [0.05, 0.1) is 5.57 Å². The van der Waals surface area contributed by atoms with Gasteiger partial charge in [-0.3, -0.25) is 0 Å². The number of rotatable bonds is 1. The zero-order valence-electron chi connectivity index (χ0n) is 10.3. The fraction of sp³-hybridized carbons (Fsp3) is 0.182. The summed E-state index contributed by atoms with van der Waals surface area (Å²) in [6.45, 7) is 0. The number of para-hydroxylation sites is 1. The fourth-order valence-corrected chi connectivity index (χ4v) is 1.56. The number of hydrogen-bond donors (Lipinski definition) is 1. The lowest BCUT2D eigenvalue weighted by Gasteiger charge is -2.26. The summed E-state index contributed by atoms with van der Waals surface area (Å²) in [4.78, 5) is 10.8. The van der Waals surface area contributed by atoms with Gasteiger partial charge < -0.3 is 33.4 Å². The number of carboxylic acids is 1. The monoisotopic (exact) mass is 339 g/mol. The van der Waals surface area contributed by atoms with E-state index >= 15 is 0 Å². The number of halogens is 8. The zero-order valence-corrected chi connectivity index (χ0v) is 10.3. The number of carbonyl (C=O) groups is 1. The Morgan fingerprint density at radius 3 is 2.00 bits per heavy atom. The number of alkyl halides is 3. The minimum Gasteiger partial charge on any atom is -1.00 e. The van der Waals surface area contributed by atoms with E-state index in [4.69, 9.17) is 9.84 Å². The van der Waals surface area contributed by atoms with Gasteiger partial charge in [0, 0.05) is 5.56 Å². The zero-order chi connectivity index (χ0) is 12.6. The molecule has 0 radical (unpaired) electrons. The predicted molar refractivity (Wildman–Crippen MR) is 52.5 cm³/mol. The SMILES string of the molecule is O=C(O)C1=Cc2ccccc2OC1C(F)(F)F.[F-].[F-].[F-].[F-].[F-]. The number of aliphatic carboxylic acids is 1. The highest BCUT2D eigenvalue weighted by molar-refractivity contribution is 5.94. The van der Waals surface area contributed by atoms with Gasteiger partial charge in [0.2, 0.25) is 6.10 Å². The van der Waals surface area contributed by atoms with Gasteiger partial charge in [-0.05, 0) is 12.1 Å². The van der Waals surface area contributed by atoms with Crippen molar-refractivity contribution in [1.29, 1.82) is 0 Å². The van der Waals surface area contributed by atoms with Gasteiger partial charge in [-0.25, -0.2) is 4.79 Å². The molecule has 1 aliphatic rings. The number of benzene rings is 1. The third-order valence-electron chi connectivity index (χ3n) is 2.30. The van der Waals surface area contributed by atoms with Gasteiger partial charge in [0.15, 0.2) is 0 Å². The summed E-state index contributed by atoms with van der Waals surface area (Å²) in [5, 5.41) is 8.75. The number of fused-ring (bicyclic) bond motifs is 1. The minimum atomic E-state index is -4.75. The number of ether oxygens (including phenoxy) is 1. The topological polar surface area (TPSA) is 46.5 Å². The average molecular weight is 339 g/mol. The van der Waals surface area contributed by atoms with E-state index in [1.807, 2.05) is 0 Å². The quantitative estimate of drug-likeness (QED) is 0.517. The van der Waals surface area contributed by atoms with Crippen molar-refractivity contribution in [2.45, 2.75) is 12.3 Å². The van der Waals surface area contributed by atoms with E-state index < -0.39 is 23.8 Å². The molecule has 0 bridgehead atoms. The van der Waals surface area contributed by atoms with Gasteiger partial charge in [0.25, 0.3) is 0 Å². The molecule has 11 heteroatoms. The Morgan fingerprint density at radius 2 is 1.55 bits per heavy atom. The van der Waals surface area contributed by atoms with Crippen molar-refractivity contribution in [3.63, 3.8) is 0 Å². The predicted octanol–water partition coefficient (Wildman–Crippen LogP) is -12.5. The number of hydrogen-bond acceptors (Lipinski definition) is 2. The van der Waals surface area contributed by atoms with Crippen LogP contribution in [0.15, 0.2) is 29.8 Å². The molecule has 130 valence electrons. The maximum absolute atomic E-state index is 12.6. The van der Waals surface area contributed by atoms with Crippen LogP contribution in [0.5, 0.6) is 5.75 Å². The minimum absolute atomic E-state index is 0. The van der Waals surface area contributed by atoms with Gasteiger partial charge >= 0.3 is 12.1 Å². The lowest BCUT2D eigenvalue weighted by molar-refractivity contribution is -0.187. The maximum atomic E-state index is 12.6. The molecule has 1 atom stereocenters. The molecule has 1 aromatic rings. The van der Waals surface area contributed by atoms with Crippen LogP contribution in [0, 0.1) is 0 Å². The van der Waals surface area contributed by atoms with Crippen molar-refractivity contribution in [2.75, 3.05) is 0 Å². The first-order valence-corrected chi connectivity index (χ1v) is 4.67. The highest BCUT2D eigenvalue weighted by Crippen LogP contribution is 2.36. The summed E-state index contributed by atoms with van der Waals surface area (Å²) in [5.41, 5.74) is -0.485. The first-order chi connectivity index (χ1) is 7.89. The Morgan fingerprint density at radius 1 is 1.05 bits per heavy atom. The van der Waals surface area contributed by atoms with Gasteiger partial charge in [0.1, 0.15) is 5.75 Å². The Bertz CT molecular complexity index is 500. The summed E-state index contributed by atoms with van der Waals surface area (Å²) in [5.74, 6) is -1.61. The molecule has 1 N–H and O–H groups in total. The molecule has 2 rings (SSSR count). The van der Waals surface area contributed by atoms with E-state index in [9.17, 15) is 18.0 Å². The van der Waals surface area contributed by atoms with Crippen LogP contribution in [0.2, 0.25) is 0 Å². The second-order valence-corrected chi connectivity index (χ2v) is 3.48. The standard InChI is InChI=1S/C11H7F3O3.5FH/c12-11(13,14)9-7(10(15)16)5-6-3-1-2-4-8(6)17-9;;;;;/h1-5,9H,(H,15,16);5*1H/p-5. The fourth-order valence-electron chi connectivity index (χ4n) is 1.56. The smallest absolute Gasteiger partial charge is 0.430 e. The van der Waals surface area contributed by atoms with Crippen molar-refractivity contribution in [2.24, 2.45) is 0 Å². The van der Waals surface area contributed by atoms with Crippen LogP contribution in [0.25, 0.3) is 6.08 Å². The summed E-state index contributed by atoms with van der Waals surface area (Å²) < 4.78 is 42.5. The van der Waals surface area contributed by atoms with Crippen molar-refractivity contribution in [3.05, 3.63) is 35.4 Å². The molecule has 1 unspecified atom stereocenters. The molecular formula is C11H7F8O3-5. The third-order valence-corrected chi connectivity index (χ3v) is 2.30. The van der Waals surface area contributed by atoms with Crippen LogP contribution >= 0.6 is 0 Å². The van der Waals surface area contributed by atoms with E-state index in [1.165, 1.54) is 18.2 Å². The van der Waals surface area contributed by atoms with Crippen molar-refractivity contribution < 1.29 is 51.3 Å². The second-order valence-electron chi connectivity index (χ2n) is 3.48. The summed E-state index contributed by atoms with van der Waals surface area (Å²) in [7, 11) is 0. The summed E-state index contributed by atoms with van der Waals surface area (Å²) in [6.07, 6.45) is -6.19. The lowest BCUT2D eigenvalue weighted by Crippen LogP contribution is -3.00. The highest BCUT2D eigenvalue weighted by Gasteiger charge is 2.48. The first-order valence-electron chi connectivity index (χ1n) is 4.67. The second kappa shape index (κ2) is 9.58. The highest BCUT2D eigenvalue weighted by atomic mass is 19.4. The van der Waals surface area contributed by atoms with E-state index in [-0.39, 0.29) is 29.3 Å². The van der Waals surface area contributed by atoms with Crippen LogP contribution < -0.4 is 28.3 Å². The molecule has 1 heterocycles. The van der Waals surface area contributed by atoms with E-state index in [1.54, 1.807) is 6.07 Å². The molecule has 22 heavy (non-hydrogen) atoms. The summed E-state index contributed by atoms with van der Waals surface area (Å²) >= 11 is 0. The van der Waals surface area contributed by atoms with Gasteiger partial charge in [-0.2, -0.15) is 13.2 Å². The Balaban J connectivity index is -0.000000324. The molecule has 3 nitrogen and oxygen atoms in total. The van der Waals surface area contributed by atoms with E-state index in [2.05, 4.69) is 0 Å². The molecule has 1 aliphatic heterocycles.